The van der Waals surface area contributed by atoms with Crippen molar-refractivity contribution in [2.75, 3.05) is 31.6 Å². The zero-order valence-corrected chi connectivity index (χ0v) is 11.7. The molecule has 1 saturated heterocycles. The van der Waals surface area contributed by atoms with Crippen molar-refractivity contribution >= 4 is 5.69 Å². The molecule has 1 aromatic rings. The lowest BCUT2D eigenvalue weighted by Gasteiger charge is -2.46. The fourth-order valence-corrected chi connectivity index (χ4v) is 2.44. The standard InChI is InChI=1S/C15H21N3/c1-12-5-6-13(10-16)14(9-12)18-8-7-17(4)15(2,3)11-18/h5-6,9H,7-8,11H2,1-4H3. The Bertz CT molecular complexity index is 485. The van der Waals surface area contributed by atoms with E-state index in [1.165, 1.54) is 5.56 Å². The summed E-state index contributed by atoms with van der Waals surface area (Å²) in [6.45, 7) is 9.55. The summed E-state index contributed by atoms with van der Waals surface area (Å²) in [5, 5.41) is 9.23. The van der Waals surface area contributed by atoms with Crippen LogP contribution >= 0.6 is 0 Å². The third-order valence-corrected chi connectivity index (χ3v) is 3.93. The van der Waals surface area contributed by atoms with E-state index in [1.807, 2.05) is 12.1 Å². The summed E-state index contributed by atoms with van der Waals surface area (Å²) >= 11 is 0. The van der Waals surface area contributed by atoms with Gasteiger partial charge in [-0.2, -0.15) is 5.26 Å². The molecule has 0 atom stereocenters. The molecular weight excluding hydrogens is 222 g/mol. The fourth-order valence-electron chi connectivity index (χ4n) is 2.44. The minimum absolute atomic E-state index is 0.148. The average Bonchev–Trinajstić information content (AvgIpc) is 2.32. The van der Waals surface area contributed by atoms with Gasteiger partial charge in [0.1, 0.15) is 6.07 Å². The Labute approximate surface area is 110 Å². The normalized spacial score (nSPS) is 19.6. The maximum atomic E-state index is 9.23. The highest BCUT2D eigenvalue weighted by atomic mass is 15.3. The number of likely N-dealkylation sites (N-methyl/N-ethyl adjacent to an activating group) is 1. The summed E-state index contributed by atoms with van der Waals surface area (Å²) < 4.78 is 0. The maximum absolute atomic E-state index is 9.23. The Morgan fingerprint density at radius 3 is 2.61 bits per heavy atom. The zero-order chi connectivity index (χ0) is 13.3. The molecule has 1 aliphatic heterocycles. The van der Waals surface area contributed by atoms with Gasteiger partial charge in [-0.05, 0) is 45.5 Å². The summed E-state index contributed by atoms with van der Waals surface area (Å²) in [6.07, 6.45) is 0. The summed E-state index contributed by atoms with van der Waals surface area (Å²) in [7, 11) is 2.17. The van der Waals surface area contributed by atoms with E-state index in [1.54, 1.807) is 0 Å². The largest absolute Gasteiger partial charge is 0.367 e. The van der Waals surface area contributed by atoms with Crippen molar-refractivity contribution in [1.82, 2.24) is 4.90 Å². The Hall–Kier alpha value is -1.53. The Kier molecular flexibility index (Phi) is 3.32. The average molecular weight is 243 g/mol. The second-order valence-corrected chi connectivity index (χ2v) is 5.79. The van der Waals surface area contributed by atoms with Gasteiger partial charge in [0.25, 0.3) is 0 Å². The van der Waals surface area contributed by atoms with E-state index in [9.17, 15) is 5.26 Å². The number of nitrogens with zero attached hydrogens (tertiary/aromatic N) is 3. The Morgan fingerprint density at radius 2 is 2.00 bits per heavy atom. The summed E-state index contributed by atoms with van der Waals surface area (Å²) in [4.78, 5) is 4.72. The molecule has 1 aromatic carbocycles. The first-order valence-corrected chi connectivity index (χ1v) is 6.41. The number of piperazine rings is 1. The molecule has 3 heteroatoms. The predicted molar refractivity (Wildman–Crippen MR) is 74.8 cm³/mol. The third kappa shape index (κ3) is 2.34. The lowest BCUT2D eigenvalue weighted by Crippen LogP contribution is -2.57. The van der Waals surface area contributed by atoms with Crippen molar-refractivity contribution in [2.45, 2.75) is 26.3 Å². The van der Waals surface area contributed by atoms with E-state index >= 15 is 0 Å². The first-order valence-electron chi connectivity index (χ1n) is 6.41. The van der Waals surface area contributed by atoms with Crippen molar-refractivity contribution < 1.29 is 0 Å². The molecule has 1 heterocycles. The summed E-state index contributed by atoms with van der Waals surface area (Å²) in [5.41, 5.74) is 3.22. The highest BCUT2D eigenvalue weighted by Crippen LogP contribution is 2.27. The first-order chi connectivity index (χ1) is 8.44. The van der Waals surface area contributed by atoms with E-state index in [-0.39, 0.29) is 5.54 Å². The fraction of sp³-hybridized carbons (Fsp3) is 0.533. The van der Waals surface area contributed by atoms with E-state index in [2.05, 4.69) is 49.8 Å². The molecule has 0 saturated carbocycles. The van der Waals surface area contributed by atoms with Crippen molar-refractivity contribution in [3.05, 3.63) is 29.3 Å². The number of rotatable bonds is 1. The van der Waals surface area contributed by atoms with Gasteiger partial charge in [-0.1, -0.05) is 6.07 Å². The van der Waals surface area contributed by atoms with Crippen LogP contribution in [0.5, 0.6) is 0 Å². The molecule has 1 fully saturated rings. The molecule has 0 N–H and O–H groups in total. The molecule has 0 aromatic heterocycles. The number of aryl methyl sites for hydroxylation is 1. The topological polar surface area (TPSA) is 30.3 Å². The molecule has 0 amide bonds. The van der Waals surface area contributed by atoms with Crippen LogP contribution in [0.2, 0.25) is 0 Å². The van der Waals surface area contributed by atoms with Crippen molar-refractivity contribution in [2.24, 2.45) is 0 Å². The summed E-state index contributed by atoms with van der Waals surface area (Å²) in [6, 6.07) is 8.36. The lowest BCUT2D eigenvalue weighted by molar-refractivity contribution is 0.139. The summed E-state index contributed by atoms with van der Waals surface area (Å²) in [5.74, 6) is 0. The number of benzene rings is 1. The van der Waals surface area contributed by atoms with Crippen molar-refractivity contribution in [3.63, 3.8) is 0 Å². The van der Waals surface area contributed by atoms with E-state index in [0.717, 1.165) is 30.9 Å². The molecule has 18 heavy (non-hydrogen) atoms. The van der Waals surface area contributed by atoms with Crippen LogP contribution in [0.25, 0.3) is 0 Å². The molecule has 0 aliphatic carbocycles. The van der Waals surface area contributed by atoms with Crippen LogP contribution < -0.4 is 4.90 Å². The van der Waals surface area contributed by atoms with Crippen LogP contribution in [0.4, 0.5) is 5.69 Å². The highest BCUT2D eigenvalue weighted by molar-refractivity contribution is 5.61. The van der Waals surface area contributed by atoms with Crippen LogP contribution in [-0.4, -0.2) is 37.1 Å². The van der Waals surface area contributed by atoms with Gasteiger partial charge in [0, 0.05) is 25.2 Å². The van der Waals surface area contributed by atoms with Gasteiger partial charge < -0.3 is 4.90 Å². The molecule has 0 bridgehead atoms. The quantitative estimate of drug-likeness (QED) is 0.758. The van der Waals surface area contributed by atoms with Crippen LogP contribution in [0.3, 0.4) is 0 Å². The number of hydrogen-bond acceptors (Lipinski definition) is 3. The Morgan fingerprint density at radius 1 is 1.28 bits per heavy atom. The van der Waals surface area contributed by atoms with Gasteiger partial charge in [-0.15, -0.1) is 0 Å². The highest BCUT2D eigenvalue weighted by Gasteiger charge is 2.31. The van der Waals surface area contributed by atoms with Crippen molar-refractivity contribution in [1.29, 1.82) is 5.26 Å². The second kappa shape index (κ2) is 4.62. The predicted octanol–water partition coefficient (Wildman–Crippen LogP) is 2.40. The number of anilines is 1. The van der Waals surface area contributed by atoms with E-state index < -0.39 is 0 Å². The molecule has 1 aliphatic rings. The smallest absolute Gasteiger partial charge is 0.101 e. The van der Waals surface area contributed by atoms with E-state index in [0.29, 0.717) is 0 Å². The van der Waals surface area contributed by atoms with Gasteiger partial charge in [0.15, 0.2) is 0 Å². The van der Waals surface area contributed by atoms with Gasteiger partial charge in [0.05, 0.1) is 11.3 Å². The van der Waals surface area contributed by atoms with Gasteiger partial charge >= 0.3 is 0 Å². The molecule has 3 nitrogen and oxygen atoms in total. The van der Waals surface area contributed by atoms with Crippen LogP contribution in [0.15, 0.2) is 18.2 Å². The minimum atomic E-state index is 0.148. The van der Waals surface area contributed by atoms with Crippen LogP contribution in [0.1, 0.15) is 25.0 Å². The monoisotopic (exact) mass is 243 g/mol. The lowest BCUT2D eigenvalue weighted by atomic mass is 9.98. The van der Waals surface area contributed by atoms with Crippen molar-refractivity contribution in [3.8, 4) is 6.07 Å². The molecule has 96 valence electrons. The van der Waals surface area contributed by atoms with Gasteiger partial charge in [0.2, 0.25) is 0 Å². The minimum Gasteiger partial charge on any atom is -0.367 e. The van der Waals surface area contributed by atoms with E-state index in [4.69, 9.17) is 0 Å². The number of nitriles is 1. The number of hydrogen-bond donors (Lipinski definition) is 0. The Balaban J connectivity index is 2.33. The maximum Gasteiger partial charge on any atom is 0.101 e. The molecule has 2 rings (SSSR count). The molecule has 0 unspecified atom stereocenters. The van der Waals surface area contributed by atoms with Crippen LogP contribution in [0, 0.1) is 18.3 Å². The third-order valence-electron chi connectivity index (χ3n) is 3.93. The zero-order valence-electron chi connectivity index (χ0n) is 11.7. The molecule has 0 radical (unpaired) electrons. The van der Waals surface area contributed by atoms with Gasteiger partial charge in [-0.25, -0.2) is 0 Å². The molecular formula is C15H21N3. The SMILES string of the molecule is Cc1ccc(C#N)c(N2CCN(C)C(C)(C)C2)c1. The molecule has 0 spiro atoms. The first kappa shape index (κ1) is 12.9. The van der Waals surface area contributed by atoms with Crippen LogP contribution in [-0.2, 0) is 0 Å². The van der Waals surface area contributed by atoms with Gasteiger partial charge in [-0.3, -0.25) is 4.90 Å². The second-order valence-electron chi connectivity index (χ2n) is 5.79.